The zero-order chi connectivity index (χ0) is 25.0. The van der Waals surface area contributed by atoms with Gasteiger partial charge in [0.05, 0.1) is 23.2 Å². The number of imide groups is 2. The number of nitrogens with zero attached hydrogens (tertiary/aromatic N) is 2. The number of anilines is 2. The Kier molecular flexibility index (Phi) is 5.50. The van der Waals surface area contributed by atoms with E-state index in [0.717, 1.165) is 9.80 Å². The van der Waals surface area contributed by atoms with E-state index < -0.39 is 47.0 Å². The van der Waals surface area contributed by atoms with Gasteiger partial charge in [0.15, 0.2) is 0 Å². The van der Waals surface area contributed by atoms with Crippen molar-refractivity contribution in [2.24, 2.45) is 0 Å². The van der Waals surface area contributed by atoms with E-state index in [2.05, 4.69) is 0 Å². The van der Waals surface area contributed by atoms with E-state index >= 15 is 0 Å². The Bertz CT molecular complexity index is 1100. The Morgan fingerprint density at radius 3 is 1.29 bits per heavy atom. The maximum atomic E-state index is 13.7. The van der Waals surface area contributed by atoms with Gasteiger partial charge in [-0.3, -0.25) is 9.59 Å². The fraction of sp³-hybridized carbons (Fsp3) is 0.385. The van der Waals surface area contributed by atoms with Crippen LogP contribution in [0, 0.1) is 0 Å². The van der Waals surface area contributed by atoms with Crippen LogP contribution in [0.25, 0.3) is 0 Å². The van der Waals surface area contributed by atoms with Crippen LogP contribution in [0.5, 0.6) is 0 Å². The predicted molar refractivity (Wildman–Crippen MR) is 126 cm³/mol. The van der Waals surface area contributed by atoms with Gasteiger partial charge < -0.3 is 9.47 Å². The van der Waals surface area contributed by atoms with Crippen molar-refractivity contribution < 1.29 is 28.7 Å². The van der Waals surface area contributed by atoms with Gasteiger partial charge in [0.25, 0.3) is 0 Å². The number of hydrogen-bond donors (Lipinski definition) is 0. The molecule has 2 unspecified atom stereocenters. The third-order valence-electron chi connectivity index (χ3n) is 5.48. The van der Waals surface area contributed by atoms with Gasteiger partial charge in [-0.15, -0.1) is 0 Å². The molecular weight excluding hydrogens is 436 g/mol. The summed E-state index contributed by atoms with van der Waals surface area (Å²) >= 11 is 0. The third-order valence-corrected chi connectivity index (χ3v) is 5.48. The summed E-state index contributed by atoms with van der Waals surface area (Å²) in [6, 6.07) is 13.6. The molecule has 0 spiro atoms. The van der Waals surface area contributed by atoms with Crippen molar-refractivity contribution in [1.29, 1.82) is 0 Å². The smallest absolute Gasteiger partial charge is 0.421 e. The normalized spacial score (nSPS) is 19.7. The number of rotatable bonds is 1. The third kappa shape index (κ3) is 4.04. The number of para-hydroxylation sites is 2. The molecular formula is C26H28N2O6. The maximum absolute atomic E-state index is 13.7. The molecule has 178 valence electrons. The lowest BCUT2D eigenvalue weighted by molar-refractivity contribution is -0.125. The highest BCUT2D eigenvalue weighted by molar-refractivity contribution is 6.25. The van der Waals surface area contributed by atoms with E-state index in [1.54, 1.807) is 90.1 Å². The zero-order valence-corrected chi connectivity index (χ0v) is 20.1. The molecule has 2 aromatic rings. The first kappa shape index (κ1) is 23.5. The molecule has 0 fully saturated rings. The quantitative estimate of drug-likeness (QED) is 0.582. The van der Waals surface area contributed by atoms with Crippen LogP contribution in [-0.2, 0) is 19.1 Å². The number of hydrogen-bond acceptors (Lipinski definition) is 6. The van der Waals surface area contributed by atoms with Gasteiger partial charge in [0.2, 0.25) is 11.8 Å². The van der Waals surface area contributed by atoms with Crippen molar-refractivity contribution in [3.05, 3.63) is 59.7 Å². The van der Waals surface area contributed by atoms with Crippen molar-refractivity contribution in [3.63, 3.8) is 0 Å². The standard InChI is InChI=1S/C26H28N2O6/c1-25(2,3)33-23(31)27-17-13-9-7-11-15(17)19(21(27)29)20-16-12-8-10-14-18(16)28(22(20)30)24(32)34-26(4,5)6/h7-14,19-20H,1-6H3. The molecule has 2 aliphatic heterocycles. The molecule has 2 aliphatic rings. The summed E-state index contributed by atoms with van der Waals surface area (Å²) in [6.07, 6.45) is -1.62. The first-order valence-electron chi connectivity index (χ1n) is 11.1. The minimum absolute atomic E-state index is 0.368. The van der Waals surface area contributed by atoms with Crippen LogP contribution >= 0.6 is 0 Å². The molecule has 8 heteroatoms. The van der Waals surface area contributed by atoms with E-state index in [0.29, 0.717) is 22.5 Å². The van der Waals surface area contributed by atoms with Crippen LogP contribution in [0.15, 0.2) is 48.5 Å². The second-order valence-electron chi connectivity index (χ2n) is 10.4. The predicted octanol–water partition coefficient (Wildman–Crippen LogP) is 5.12. The van der Waals surface area contributed by atoms with E-state index in [1.165, 1.54) is 0 Å². The zero-order valence-electron chi connectivity index (χ0n) is 20.1. The summed E-state index contributed by atoms with van der Waals surface area (Å²) in [5, 5.41) is 0. The molecule has 0 bridgehead atoms. The van der Waals surface area contributed by atoms with E-state index in [1.807, 2.05) is 0 Å². The maximum Gasteiger partial charge on any atom is 0.421 e. The summed E-state index contributed by atoms with van der Waals surface area (Å²) in [6.45, 7) is 10.3. The summed E-state index contributed by atoms with van der Waals surface area (Å²) in [5.41, 5.74) is 0.164. The molecule has 0 saturated carbocycles. The Morgan fingerprint density at radius 2 is 0.971 bits per heavy atom. The van der Waals surface area contributed by atoms with Crippen molar-refractivity contribution >= 4 is 35.4 Å². The van der Waals surface area contributed by atoms with Crippen LogP contribution in [-0.4, -0.2) is 35.2 Å². The van der Waals surface area contributed by atoms with Crippen molar-refractivity contribution in [2.75, 3.05) is 9.80 Å². The Labute approximate surface area is 198 Å². The van der Waals surface area contributed by atoms with Crippen molar-refractivity contribution in [2.45, 2.75) is 64.6 Å². The minimum Gasteiger partial charge on any atom is -0.443 e. The molecule has 2 heterocycles. The van der Waals surface area contributed by atoms with Gasteiger partial charge in [-0.05, 0) is 64.8 Å². The van der Waals surface area contributed by atoms with E-state index in [9.17, 15) is 19.2 Å². The molecule has 34 heavy (non-hydrogen) atoms. The highest BCUT2D eigenvalue weighted by Gasteiger charge is 2.54. The van der Waals surface area contributed by atoms with E-state index in [-0.39, 0.29) is 0 Å². The first-order chi connectivity index (χ1) is 15.8. The molecule has 4 amide bonds. The lowest BCUT2D eigenvalue weighted by atomic mass is 9.83. The average Bonchev–Trinajstić information content (AvgIpc) is 3.15. The Hall–Kier alpha value is -3.68. The fourth-order valence-corrected chi connectivity index (χ4v) is 4.33. The number of ether oxygens (including phenoxy) is 2. The molecule has 0 aliphatic carbocycles. The summed E-state index contributed by atoms with van der Waals surface area (Å²) in [4.78, 5) is 55.2. The number of benzene rings is 2. The Balaban J connectivity index is 1.78. The number of carbonyl (C=O) groups excluding carboxylic acids is 4. The molecule has 0 radical (unpaired) electrons. The molecule has 0 saturated heterocycles. The van der Waals surface area contributed by atoms with Gasteiger partial charge in [0.1, 0.15) is 11.2 Å². The molecule has 4 rings (SSSR count). The highest BCUT2D eigenvalue weighted by atomic mass is 16.6. The Morgan fingerprint density at radius 1 is 0.647 bits per heavy atom. The minimum atomic E-state index is -0.996. The largest absolute Gasteiger partial charge is 0.443 e. The highest BCUT2D eigenvalue weighted by Crippen LogP contribution is 2.51. The van der Waals surface area contributed by atoms with Gasteiger partial charge in [0, 0.05) is 0 Å². The lowest BCUT2D eigenvalue weighted by Crippen LogP contribution is -2.43. The number of amides is 4. The van der Waals surface area contributed by atoms with Gasteiger partial charge >= 0.3 is 12.2 Å². The fourth-order valence-electron chi connectivity index (χ4n) is 4.33. The SMILES string of the molecule is CC(C)(C)OC(=O)N1C(=O)C(C2C(=O)N(C(=O)OC(C)(C)C)c3ccccc32)c2ccccc21. The van der Waals surface area contributed by atoms with Crippen LogP contribution in [0.1, 0.15) is 64.5 Å². The monoisotopic (exact) mass is 464 g/mol. The topological polar surface area (TPSA) is 93.2 Å². The van der Waals surface area contributed by atoms with Gasteiger partial charge in [-0.1, -0.05) is 36.4 Å². The van der Waals surface area contributed by atoms with Crippen LogP contribution in [0.2, 0.25) is 0 Å². The average molecular weight is 465 g/mol. The summed E-state index contributed by atoms with van der Waals surface area (Å²) in [5.74, 6) is -3.14. The van der Waals surface area contributed by atoms with Gasteiger partial charge in [-0.2, -0.15) is 0 Å². The molecule has 2 atom stereocenters. The summed E-state index contributed by atoms with van der Waals surface area (Å²) < 4.78 is 10.9. The second kappa shape index (κ2) is 7.97. The number of fused-ring (bicyclic) bond motifs is 2. The molecule has 2 aromatic carbocycles. The second-order valence-corrected chi connectivity index (χ2v) is 10.4. The van der Waals surface area contributed by atoms with Gasteiger partial charge in [-0.25, -0.2) is 19.4 Å². The van der Waals surface area contributed by atoms with Crippen LogP contribution < -0.4 is 9.80 Å². The molecule has 0 N–H and O–H groups in total. The lowest BCUT2D eigenvalue weighted by Gasteiger charge is -2.25. The van der Waals surface area contributed by atoms with Crippen LogP contribution in [0.4, 0.5) is 21.0 Å². The number of carbonyl (C=O) groups is 4. The van der Waals surface area contributed by atoms with E-state index in [4.69, 9.17) is 9.47 Å². The summed E-state index contributed by atoms with van der Waals surface area (Å²) in [7, 11) is 0. The van der Waals surface area contributed by atoms with Crippen molar-refractivity contribution in [3.8, 4) is 0 Å². The molecule has 8 nitrogen and oxygen atoms in total. The van der Waals surface area contributed by atoms with Crippen molar-refractivity contribution in [1.82, 2.24) is 0 Å². The van der Waals surface area contributed by atoms with Crippen LogP contribution in [0.3, 0.4) is 0 Å². The molecule has 0 aromatic heterocycles. The first-order valence-corrected chi connectivity index (χ1v) is 11.1.